The van der Waals surface area contributed by atoms with Crippen LogP contribution in [0.5, 0.6) is 0 Å². The van der Waals surface area contributed by atoms with Crippen molar-refractivity contribution in [3.8, 4) is 0 Å². The lowest BCUT2D eigenvalue weighted by atomic mass is 10.2. The summed E-state index contributed by atoms with van der Waals surface area (Å²) in [6, 6.07) is 2.20. The van der Waals surface area contributed by atoms with Gasteiger partial charge in [-0.1, -0.05) is 11.6 Å². The molecule has 0 spiro atoms. The topological polar surface area (TPSA) is 51.3 Å². The minimum absolute atomic E-state index is 0.421. The zero-order chi connectivity index (χ0) is 9.26. The van der Waals surface area contributed by atoms with Crippen LogP contribution in [-0.2, 0) is 0 Å². The van der Waals surface area contributed by atoms with Crippen molar-refractivity contribution < 1.29 is 0 Å². The molecule has 4 heteroatoms. The van der Waals surface area contributed by atoms with Gasteiger partial charge in [0.15, 0.2) is 0 Å². The van der Waals surface area contributed by atoms with Crippen LogP contribution in [0, 0.1) is 0 Å². The number of pyridine rings is 1. The van der Waals surface area contributed by atoms with E-state index in [2.05, 4.69) is 9.98 Å². The van der Waals surface area contributed by atoms with Gasteiger partial charge in [0.05, 0.1) is 11.6 Å². The van der Waals surface area contributed by atoms with Crippen LogP contribution in [-0.4, -0.2) is 17.2 Å². The molecule has 1 aromatic heterocycles. The molecule has 0 aliphatic heterocycles. The first-order valence-electron chi connectivity index (χ1n) is 4.20. The number of anilines is 1. The number of hydrogen-bond acceptors (Lipinski definition) is 3. The zero-order valence-electron chi connectivity index (χ0n) is 7.07. The maximum absolute atomic E-state index is 5.85. The number of nitrogens with two attached hydrogens (primary N) is 1. The summed E-state index contributed by atoms with van der Waals surface area (Å²) >= 11 is 5.85. The summed E-state index contributed by atoms with van der Waals surface area (Å²) in [5.41, 5.74) is 7.07. The van der Waals surface area contributed by atoms with Crippen molar-refractivity contribution in [2.45, 2.75) is 18.9 Å². The molecule has 1 aliphatic carbocycles. The summed E-state index contributed by atoms with van der Waals surface area (Å²) in [5, 5.41) is 0.421. The normalized spacial score (nSPS) is 16.7. The van der Waals surface area contributed by atoms with Crippen molar-refractivity contribution in [1.29, 1.82) is 0 Å². The maximum atomic E-state index is 5.85. The highest BCUT2D eigenvalue weighted by Gasteiger charge is 2.19. The van der Waals surface area contributed by atoms with E-state index in [0.717, 1.165) is 5.56 Å². The Kier molecular flexibility index (Phi) is 2.19. The Hall–Kier alpha value is -1.09. The van der Waals surface area contributed by atoms with E-state index in [1.54, 1.807) is 18.5 Å². The van der Waals surface area contributed by atoms with Crippen molar-refractivity contribution in [2.75, 3.05) is 5.73 Å². The lowest BCUT2D eigenvalue weighted by Gasteiger charge is -2.00. The van der Waals surface area contributed by atoms with Crippen molar-refractivity contribution >= 4 is 23.5 Å². The van der Waals surface area contributed by atoms with Gasteiger partial charge in [0.25, 0.3) is 0 Å². The summed E-state index contributed by atoms with van der Waals surface area (Å²) in [6.45, 7) is 0. The highest BCUT2D eigenvalue weighted by Crippen LogP contribution is 2.24. The largest absolute Gasteiger partial charge is 0.398 e. The average molecular weight is 196 g/mol. The molecule has 2 N–H and O–H groups in total. The van der Waals surface area contributed by atoms with E-state index in [-0.39, 0.29) is 0 Å². The predicted octanol–water partition coefficient (Wildman–Crippen LogP) is 1.90. The number of rotatable bonds is 2. The van der Waals surface area contributed by atoms with E-state index >= 15 is 0 Å². The molecular formula is C9H10ClN3. The first-order chi connectivity index (χ1) is 6.27. The van der Waals surface area contributed by atoms with Crippen LogP contribution in [0.3, 0.4) is 0 Å². The average Bonchev–Trinajstić information content (AvgIpc) is 2.87. The van der Waals surface area contributed by atoms with Crippen LogP contribution in [0.1, 0.15) is 18.4 Å². The quantitative estimate of drug-likeness (QED) is 0.579. The van der Waals surface area contributed by atoms with E-state index in [0.29, 0.717) is 16.9 Å². The van der Waals surface area contributed by atoms with Gasteiger partial charge >= 0.3 is 0 Å². The van der Waals surface area contributed by atoms with Gasteiger partial charge in [-0.15, -0.1) is 0 Å². The number of nitrogen functional groups attached to an aromatic ring is 1. The van der Waals surface area contributed by atoms with E-state index in [9.17, 15) is 0 Å². The zero-order valence-corrected chi connectivity index (χ0v) is 7.83. The fourth-order valence-electron chi connectivity index (χ4n) is 0.993. The Morgan fingerprint density at radius 2 is 2.38 bits per heavy atom. The van der Waals surface area contributed by atoms with E-state index in [1.807, 2.05) is 0 Å². The molecule has 1 aromatic rings. The second kappa shape index (κ2) is 3.34. The van der Waals surface area contributed by atoms with Crippen molar-refractivity contribution in [1.82, 2.24) is 4.98 Å². The summed E-state index contributed by atoms with van der Waals surface area (Å²) in [7, 11) is 0. The van der Waals surface area contributed by atoms with Crippen LogP contribution in [0.15, 0.2) is 17.3 Å². The van der Waals surface area contributed by atoms with Gasteiger partial charge in [-0.2, -0.15) is 0 Å². The standard InChI is InChI=1S/C9H10ClN3/c10-9-7(5-13-6-1-2-6)8(11)3-4-12-9/h3-6H,1-2H2,(H2,11,12)/b13-5+. The second-order valence-electron chi connectivity index (χ2n) is 3.11. The molecule has 2 rings (SSSR count). The van der Waals surface area contributed by atoms with Crippen LogP contribution in [0.4, 0.5) is 5.69 Å². The monoisotopic (exact) mass is 195 g/mol. The van der Waals surface area contributed by atoms with Crippen LogP contribution in [0.25, 0.3) is 0 Å². The molecule has 0 bridgehead atoms. The number of nitrogens with zero attached hydrogens (tertiary/aromatic N) is 2. The minimum Gasteiger partial charge on any atom is -0.398 e. The number of halogens is 1. The summed E-state index contributed by atoms with van der Waals surface area (Å²) in [6.07, 6.45) is 5.66. The third-order valence-electron chi connectivity index (χ3n) is 1.94. The molecule has 1 heterocycles. The molecule has 0 unspecified atom stereocenters. The van der Waals surface area contributed by atoms with Gasteiger partial charge in [0.2, 0.25) is 0 Å². The van der Waals surface area contributed by atoms with Crippen LogP contribution in [0.2, 0.25) is 5.15 Å². The molecule has 1 aliphatic rings. The number of aliphatic imine (C=N–C) groups is 1. The first-order valence-corrected chi connectivity index (χ1v) is 4.58. The molecule has 1 saturated carbocycles. The molecule has 0 aromatic carbocycles. The Bertz CT molecular complexity index is 324. The lowest BCUT2D eigenvalue weighted by Crippen LogP contribution is -1.96. The van der Waals surface area contributed by atoms with Gasteiger partial charge in [0, 0.05) is 18.1 Å². The molecule has 68 valence electrons. The third kappa shape index (κ3) is 1.98. The number of aromatic nitrogens is 1. The molecule has 0 atom stereocenters. The third-order valence-corrected chi connectivity index (χ3v) is 2.24. The lowest BCUT2D eigenvalue weighted by molar-refractivity contribution is 1.08. The number of hydrogen-bond donors (Lipinski definition) is 1. The Morgan fingerprint density at radius 3 is 3.00 bits per heavy atom. The van der Waals surface area contributed by atoms with Crippen molar-refractivity contribution in [3.63, 3.8) is 0 Å². The molecule has 0 saturated heterocycles. The van der Waals surface area contributed by atoms with Gasteiger partial charge in [-0.25, -0.2) is 4.98 Å². The van der Waals surface area contributed by atoms with E-state index in [1.165, 1.54) is 12.8 Å². The highest BCUT2D eigenvalue weighted by molar-refractivity contribution is 6.32. The molecular weight excluding hydrogens is 186 g/mol. The van der Waals surface area contributed by atoms with Gasteiger partial charge < -0.3 is 5.73 Å². The van der Waals surface area contributed by atoms with Crippen molar-refractivity contribution in [2.24, 2.45) is 4.99 Å². The Balaban J connectivity index is 2.26. The van der Waals surface area contributed by atoms with Gasteiger partial charge in [0.1, 0.15) is 5.15 Å². The Morgan fingerprint density at radius 1 is 1.62 bits per heavy atom. The summed E-state index contributed by atoms with van der Waals surface area (Å²) < 4.78 is 0. The second-order valence-corrected chi connectivity index (χ2v) is 3.47. The van der Waals surface area contributed by atoms with Gasteiger partial charge in [-0.3, -0.25) is 4.99 Å². The van der Waals surface area contributed by atoms with Gasteiger partial charge in [-0.05, 0) is 18.9 Å². The van der Waals surface area contributed by atoms with Crippen LogP contribution < -0.4 is 5.73 Å². The highest BCUT2D eigenvalue weighted by atomic mass is 35.5. The van der Waals surface area contributed by atoms with Crippen molar-refractivity contribution in [3.05, 3.63) is 23.0 Å². The minimum atomic E-state index is 0.421. The molecule has 1 fully saturated rings. The van der Waals surface area contributed by atoms with Crippen LogP contribution >= 0.6 is 11.6 Å². The summed E-state index contributed by atoms with van der Waals surface area (Å²) in [5.74, 6) is 0. The first kappa shape index (κ1) is 8.51. The molecule has 0 radical (unpaired) electrons. The Labute approximate surface area is 81.6 Å². The fourth-order valence-corrected chi connectivity index (χ4v) is 1.21. The van der Waals surface area contributed by atoms with E-state index < -0.39 is 0 Å². The molecule has 13 heavy (non-hydrogen) atoms. The maximum Gasteiger partial charge on any atom is 0.139 e. The fraction of sp³-hybridized carbons (Fsp3) is 0.333. The smallest absolute Gasteiger partial charge is 0.139 e. The summed E-state index contributed by atoms with van der Waals surface area (Å²) in [4.78, 5) is 8.23. The SMILES string of the molecule is Nc1ccnc(Cl)c1/C=N/C1CC1. The predicted molar refractivity (Wildman–Crippen MR) is 54.3 cm³/mol. The van der Waals surface area contributed by atoms with E-state index in [4.69, 9.17) is 17.3 Å². The molecule has 0 amide bonds. The molecule has 3 nitrogen and oxygen atoms in total.